The Morgan fingerprint density at radius 2 is 2.40 bits per heavy atom. The fourth-order valence-corrected chi connectivity index (χ4v) is 3.17. The summed E-state index contributed by atoms with van der Waals surface area (Å²) in [6, 6.07) is 3.87. The Labute approximate surface area is 101 Å². The summed E-state index contributed by atoms with van der Waals surface area (Å²) in [6.07, 6.45) is 0. The lowest BCUT2D eigenvalue weighted by molar-refractivity contribution is -0.0535. The first-order valence-electron chi connectivity index (χ1n) is 4.67. The van der Waals surface area contributed by atoms with Crippen molar-refractivity contribution in [2.75, 3.05) is 25.5 Å². The molecule has 1 aromatic heterocycles. The molecule has 0 spiro atoms. The fourth-order valence-electron chi connectivity index (χ4n) is 1.57. The van der Waals surface area contributed by atoms with E-state index in [1.54, 1.807) is 7.11 Å². The first-order chi connectivity index (χ1) is 7.22. The number of nitrogens with one attached hydrogen (secondary N) is 1. The summed E-state index contributed by atoms with van der Waals surface area (Å²) in [4.78, 5) is 13.4. The third-order valence-corrected chi connectivity index (χ3v) is 4.48. The standard InChI is InChI=1S/C10H12BrNO2S/c1-14-10(5-12-6-10)9-3-2-8(15-9)7(13)4-11/h2-3,12H,4-6H2,1H3. The minimum absolute atomic E-state index is 0.129. The van der Waals surface area contributed by atoms with E-state index in [4.69, 9.17) is 4.74 Å². The average molecular weight is 290 g/mol. The number of methoxy groups -OCH3 is 1. The second-order valence-corrected chi connectivity index (χ2v) is 5.17. The van der Waals surface area contributed by atoms with E-state index < -0.39 is 0 Å². The fraction of sp³-hybridized carbons (Fsp3) is 0.500. The molecule has 15 heavy (non-hydrogen) atoms. The third kappa shape index (κ3) is 1.89. The minimum atomic E-state index is -0.199. The topological polar surface area (TPSA) is 38.3 Å². The van der Waals surface area contributed by atoms with Gasteiger partial charge in [0.1, 0.15) is 5.60 Å². The number of ketones is 1. The molecular formula is C10H12BrNO2S. The maximum Gasteiger partial charge on any atom is 0.183 e. The first-order valence-corrected chi connectivity index (χ1v) is 6.61. The van der Waals surface area contributed by atoms with E-state index in [1.165, 1.54) is 11.3 Å². The zero-order valence-corrected chi connectivity index (χ0v) is 10.8. The van der Waals surface area contributed by atoms with Crippen molar-refractivity contribution in [3.8, 4) is 0 Å². The van der Waals surface area contributed by atoms with Gasteiger partial charge in [-0.15, -0.1) is 11.3 Å². The van der Waals surface area contributed by atoms with Crippen LogP contribution in [0.3, 0.4) is 0 Å². The third-order valence-electron chi connectivity index (χ3n) is 2.66. The van der Waals surface area contributed by atoms with Crippen molar-refractivity contribution < 1.29 is 9.53 Å². The lowest BCUT2D eigenvalue weighted by atomic mass is 9.95. The van der Waals surface area contributed by atoms with Gasteiger partial charge in [0.15, 0.2) is 5.78 Å². The van der Waals surface area contributed by atoms with Gasteiger partial charge in [-0.05, 0) is 12.1 Å². The number of hydrogen-bond donors (Lipinski definition) is 1. The van der Waals surface area contributed by atoms with E-state index in [-0.39, 0.29) is 11.4 Å². The van der Waals surface area contributed by atoms with Crippen LogP contribution in [0.25, 0.3) is 0 Å². The van der Waals surface area contributed by atoms with Gasteiger partial charge in [-0.1, -0.05) is 15.9 Å². The average Bonchev–Trinajstić information content (AvgIpc) is 2.65. The Bertz CT molecular complexity index is 368. The number of halogens is 1. The zero-order chi connectivity index (χ0) is 10.9. The van der Waals surface area contributed by atoms with Crippen LogP contribution in [0.15, 0.2) is 12.1 Å². The van der Waals surface area contributed by atoms with Gasteiger partial charge in [-0.2, -0.15) is 0 Å². The second kappa shape index (κ2) is 4.33. The number of alkyl halides is 1. The van der Waals surface area contributed by atoms with Crippen molar-refractivity contribution in [3.05, 3.63) is 21.9 Å². The molecular weight excluding hydrogens is 278 g/mol. The van der Waals surface area contributed by atoms with Crippen molar-refractivity contribution in [1.29, 1.82) is 0 Å². The monoisotopic (exact) mass is 289 g/mol. The van der Waals surface area contributed by atoms with Crippen LogP contribution in [0.2, 0.25) is 0 Å². The Hall–Kier alpha value is -0.230. The van der Waals surface area contributed by atoms with E-state index in [0.29, 0.717) is 5.33 Å². The molecule has 2 heterocycles. The Morgan fingerprint density at radius 3 is 2.87 bits per heavy atom. The van der Waals surface area contributed by atoms with Gasteiger partial charge in [-0.25, -0.2) is 0 Å². The molecule has 0 radical (unpaired) electrons. The van der Waals surface area contributed by atoms with Crippen molar-refractivity contribution in [2.24, 2.45) is 0 Å². The molecule has 5 heteroatoms. The van der Waals surface area contributed by atoms with Gasteiger partial charge in [0.2, 0.25) is 0 Å². The molecule has 1 N–H and O–H groups in total. The molecule has 1 aromatic rings. The Morgan fingerprint density at radius 1 is 1.67 bits per heavy atom. The van der Waals surface area contributed by atoms with Crippen LogP contribution in [0, 0.1) is 0 Å². The normalized spacial score (nSPS) is 18.5. The van der Waals surface area contributed by atoms with Gasteiger partial charge in [0, 0.05) is 25.1 Å². The number of carbonyl (C=O) groups excluding carboxylic acids is 1. The summed E-state index contributed by atoms with van der Waals surface area (Å²) >= 11 is 4.70. The molecule has 2 rings (SSSR count). The van der Waals surface area contributed by atoms with Gasteiger partial charge in [0.25, 0.3) is 0 Å². The van der Waals surface area contributed by atoms with Gasteiger partial charge in [0.05, 0.1) is 10.2 Å². The molecule has 0 amide bonds. The summed E-state index contributed by atoms with van der Waals surface area (Å²) in [5, 5.41) is 3.57. The lowest BCUT2D eigenvalue weighted by Crippen LogP contribution is -2.57. The maximum absolute atomic E-state index is 11.5. The number of rotatable bonds is 4. The molecule has 1 fully saturated rings. The van der Waals surface area contributed by atoms with Crippen molar-refractivity contribution in [3.63, 3.8) is 0 Å². The number of thiophene rings is 1. The summed E-state index contributed by atoms with van der Waals surface area (Å²) in [6.45, 7) is 1.65. The highest BCUT2D eigenvalue weighted by atomic mass is 79.9. The summed E-state index contributed by atoms with van der Waals surface area (Å²) in [5.74, 6) is 0.129. The summed E-state index contributed by atoms with van der Waals surface area (Å²) < 4.78 is 5.51. The quantitative estimate of drug-likeness (QED) is 0.678. The molecule has 82 valence electrons. The van der Waals surface area contributed by atoms with Crippen LogP contribution in [0.5, 0.6) is 0 Å². The molecule has 0 unspecified atom stereocenters. The van der Waals surface area contributed by atoms with Crippen LogP contribution in [-0.4, -0.2) is 31.3 Å². The minimum Gasteiger partial charge on any atom is -0.370 e. The predicted octanol–water partition coefficient (Wildman–Crippen LogP) is 1.77. The van der Waals surface area contributed by atoms with E-state index in [2.05, 4.69) is 21.2 Å². The zero-order valence-electron chi connectivity index (χ0n) is 8.38. The van der Waals surface area contributed by atoms with E-state index >= 15 is 0 Å². The highest BCUT2D eigenvalue weighted by Crippen LogP contribution is 2.34. The number of carbonyl (C=O) groups is 1. The van der Waals surface area contributed by atoms with Crippen molar-refractivity contribution in [2.45, 2.75) is 5.60 Å². The maximum atomic E-state index is 11.5. The summed E-state index contributed by atoms with van der Waals surface area (Å²) in [5.41, 5.74) is -0.199. The molecule has 1 aliphatic heterocycles. The predicted molar refractivity (Wildman–Crippen MR) is 64.0 cm³/mol. The van der Waals surface area contributed by atoms with Crippen LogP contribution in [0.1, 0.15) is 14.5 Å². The number of Topliss-reactive ketones (excluding diaryl/α,β-unsaturated/α-hetero) is 1. The van der Waals surface area contributed by atoms with Crippen LogP contribution >= 0.6 is 27.3 Å². The molecule has 1 saturated heterocycles. The Kier molecular flexibility index (Phi) is 3.25. The molecule has 0 atom stereocenters. The molecule has 3 nitrogen and oxygen atoms in total. The number of ether oxygens (including phenoxy) is 1. The van der Waals surface area contributed by atoms with Crippen molar-refractivity contribution >= 4 is 33.0 Å². The van der Waals surface area contributed by atoms with Gasteiger partial charge < -0.3 is 10.1 Å². The van der Waals surface area contributed by atoms with Crippen LogP contribution in [-0.2, 0) is 10.3 Å². The van der Waals surface area contributed by atoms with E-state index in [0.717, 1.165) is 22.8 Å². The van der Waals surface area contributed by atoms with E-state index in [1.807, 2.05) is 12.1 Å². The van der Waals surface area contributed by atoms with Gasteiger partial charge in [-0.3, -0.25) is 4.79 Å². The lowest BCUT2D eigenvalue weighted by Gasteiger charge is -2.40. The summed E-state index contributed by atoms with van der Waals surface area (Å²) in [7, 11) is 1.71. The van der Waals surface area contributed by atoms with Crippen molar-refractivity contribution in [1.82, 2.24) is 5.32 Å². The smallest absolute Gasteiger partial charge is 0.183 e. The van der Waals surface area contributed by atoms with Crippen LogP contribution < -0.4 is 5.32 Å². The Balaban J connectivity index is 2.23. The highest BCUT2D eigenvalue weighted by molar-refractivity contribution is 9.09. The first kappa shape index (κ1) is 11.3. The largest absolute Gasteiger partial charge is 0.370 e. The second-order valence-electron chi connectivity index (χ2n) is 3.52. The molecule has 0 bridgehead atoms. The SMILES string of the molecule is COC1(c2ccc(C(=O)CBr)s2)CNC1. The molecule has 0 saturated carbocycles. The number of hydrogen-bond acceptors (Lipinski definition) is 4. The van der Waals surface area contributed by atoms with Gasteiger partial charge >= 0.3 is 0 Å². The molecule has 0 aliphatic carbocycles. The molecule has 0 aromatic carbocycles. The van der Waals surface area contributed by atoms with Crippen LogP contribution in [0.4, 0.5) is 0 Å². The van der Waals surface area contributed by atoms with E-state index in [9.17, 15) is 4.79 Å². The molecule has 1 aliphatic rings. The highest BCUT2D eigenvalue weighted by Gasteiger charge is 2.40.